The number of amides is 1. The molecule has 2 aromatic rings. The van der Waals surface area contributed by atoms with Crippen molar-refractivity contribution in [3.8, 4) is 0 Å². The van der Waals surface area contributed by atoms with Crippen molar-refractivity contribution in [1.29, 1.82) is 0 Å². The number of nitrogens with zero attached hydrogens (tertiary/aromatic N) is 3. The van der Waals surface area contributed by atoms with Crippen LogP contribution in [0.25, 0.3) is 0 Å². The lowest BCUT2D eigenvalue weighted by molar-refractivity contribution is -0.143. The summed E-state index contributed by atoms with van der Waals surface area (Å²) in [4.78, 5) is 15.5. The van der Waals surface area contributed by atoms with E-state index in [1.54, 1.807) is 6.20 Å². The molecule has 0 saturated carbocycles. The van der Waals surface area contributed by atoms with Gasteiger partial charge in [0, 0.05) is 25.5 Å². The van der Waals surface area contributed by atoms with Crippen molar-refractivity contribution in [2.24, 2.45) is 0 Å². The van der Waals surface area contributed by atoms with Crippen LogP contribution in [-0.2, 0) is 16.9 Å². The summed E-state index contributed by atoms with van der Waals surface area (Å²) in [6, 6.07) is 10.2. The van der Waals surface area contributed by atoms with E-state index >= 15 is 0 Å². The predicted octanol–water partition coefficient (Wildman–Crippen LogP) is 2.74. The van der Waals surface area contributed by atoms with Crippen molar-refractivity contribution in [1.82, 2.24) is 20.0 Å². The fraction of sp³-hybridized carbons (Fsp3) is 0.474. The van der Waals surface area contributed by atoms with Crippen molar-refractivity contribution in [2.45, 2.75) is 38.8 Å². The van der Waals surface area contributed by atoms with E-state index in [0.717, 1.165) is 25.9 Å². The third-order valence-corrected chi connectivity index (χ3v) is 5.06. The molecule has 1 aliphatic heterocycles. The van der Waals surface area contributed by atoms with Crippen LogP contribution in [0.3, 0.4) is 0 Å². The molecule has 0 radical (unpaired) electrons. The number of hydrogen-bond acceptors (Lipinski definition) is 3. The molecule has 0 spiro atoms. The molecule has 1 aliphatic rings. The Morgan fingerprint density at radius 1 is 1.28 bits per heavy atom. The molecular formula is C19H27ClN4O. The van der Waals surface area contributed by atoms with Crippen LogP contribution in [0.15, 0.2) is 42.7 Å². The number of likely N-dealkylation sites (N-methyl/N-ethyl adjacent to an activating group) is 1. The summed E-state index contributed by atoms with van der Waals surface area (Å²) in [6.07, 6.45) is 5.23. The predicted molar refractivity (Wildman–Crippen MR) is 102 cm³/mol. The van der Waals surface area contributed by atoms with E-state index in [2.05, 4.69) is 29.5 Å². The normalized spacial score (nSPS) is 16.1. The lowest BCUT2D eigenvalue weighted by atomic mass is 9.86. The molecule has 1 aromatic carbocycles. The largest absolute Gasteiger partial charge is 0.337 e. The zero-order chi connectivity index (χ0) is 17.0. The second kappa shape index (κ2) is 8.50. The minimum absolute atomic E-state index is 0. The first kappa shape index (κ1) is 19.5. The average Bonchev–Trinajstić information content (AvgIpc) is 3.16. The summed E-state index contributed by atoms with van der Waals surface area (Å²) in [5.74, 6) is 0.179. The molecule has 0 bridgehead atoms. The zero-order valence-corrected chi connectivity index (χ0v) is 15.8. The third-order valence-electron chi connectivity index (χ3n) is 5.06. The summed E-state index contributed by atoms with van der Waals surface area (Å²) in [7, 11) is 0. The maximum absolute atomic E-state index is 13.5. The van der Waals surface area contributed by atoms with Crippen LogP contribution in [0.5, 0.6) is 0 Å². The molecule has 0 unspecified atom stereocenters. The number of carbonyl (C=O) groups is 1. The number of nitrogens with one attached hydrogen (secondary N) is 1. The SMILES string of the molecule is CCN(Cc1ccccc1C)C(=O)C1(n2cccn2)CCNCC1.Cl. The number of carbonyl (C=O) groups excluding carboxylic acids is 1. The quantitative estimate of drug-likeness (QED) is 0.889. The molecule has 1 amide bonds. The van der Waals surface area contributed by atoms with Crippen molar-refractivity contribution in [2.75, 3.05) is 19.6 Å². The molecule has 136 valence electrons. The minimum Gasteiger partial charge on any atom is -0.337 e. The van der Waals surface area contributed by atoms with E-state index in [4.69, 9.17) is 0 Å². The molecule has 1 aromatic heterocycles. The molecule has 0 aliphatic carbocycles. The Kier molecular flexibility index (Phi) is 6.62. The van der Waals surface area contributed by atoms with Crippen molar-refractivity contribution in [3.05, 3.63) is 53.9 Å². The molecule has 6 heteroatoms. The molecule has 1 fully saturated rings. The van der Waals surface area contributed by atoms with E-state index in [1.165, 1.54) is 11.1 Å². The fourth-order valence-corrected chi connectivity index (χ4v) is 3.52. The van der Waals surface area contributed by atoms with Crippen molar-refractivity contribution < 1.29 is 4.79 Å². The van der Waals surface area contributed by atoms with Gasteiger partial charge in [0.25, 0.3) is 5.91 Å². The number of rotatable bonds is 5. The molecule has 5 nitrogen and oxygen atoms in total. The monoisotopic (exact) mass is 362 g/mol. The van der Waals surface area contributed by atoms with Gasteiger partial charge in [-0.2, -0.15) is 5.10 Å². The Balaban J connectivity index is 0.00000225. The van der Waals surface area contributed by atoms with E-state index < -0.39 is 5.54 Å². The summed E-state index contributed by atoms with van der Waals surface area (Å²) in [5.41, 5.74) is 1.87. The van der Waals surface area contributed by atoms with Gasteiger partial charge in [0.1, 0.15) is 5.54 Å². The molecular weight excluding hydrogens is 336 g/mol. The first-order chi connectivity index (χ1) is 11.7. The molecule has 1 saturated heterocycles. The summed E-state index contributed by atoms with van der Waals surface area (Å²) >= 11 is 0. The van der Waals surface area contributed by atoms with E-state index in [0.29, 0.717) is 13.1 Å². The van der Waals surface area contributed by atoms with Gasteiger partial charge in [0.05, 0.1) is 0 Å². The summed E-state index contributed by atoms with van der Waals surface area (Å²) in [5, 5.41) is 7.78. The summed E-state index contributed by atoms with van der Waals surface area (Å²) in [6.45, 7) is 7.18. The Hall–Kier alpha value is -1.85. The lowest BCUT2D eigenvalue weighted by Gasteiger charge is -2.40. The first-order valence-corrected chi connectivity index (χ1v) is 8.72. The van der Waals surface area contributed by atoms with Gasteiger partial charge in [-0.3, -0.25) is 9.48 Å². The van der Waals surface area contributed by atoms with Gasteiger partial charge >= 0.3 is 0 Å². The van der Waals surface area contributed by atoms with Gasteiger partial charge in [0.2, 0.25) is 0 Å². The molecule has 0 atom stereocenters. The number of benzene rings is 1. The Morgan fingerprint density at radius 2 is 2.00 bits per heavy atom. The highest BCUT2D eigenvalue weighted by Crippen LogP contribution is 2.30. The second-order valence-corrected chi connectivity index (χ2v) is 6.48. The highest BCUT2D eigenvalue weighted by Gasteiger charge is 2.44. The fourth-order valence-electron chi connectivity index (χ4n) is 3.52. The summed E-state index contributed by atoms with van der Waals surface area (Å²) < 4.78 is 1.87. The lowest BCUT2D eigenvalue weighted by Crippen LogP contribution is -2.55. The number of aromatic nitrogens is 2. The highest BCUT2D eigenvalue weighted by atomic mass is 35.5. The maximum atomic E-state index is 13.5. The van der Waals surface area contributed by atoms with Crippen LogP contribution in [-0.4, -0.2) is 40.2 Å². The van der Waals surface area contributed by atoms with Crippen molar-refractivity contribution in [3.63, 3.8) is 0 Å². The zero-order valence-electron chi connectivity index (χ0n) is 14.9. The molecule has 2 heterocycles. The van der Waals surface area contributed by atoms with Gasteiger partial charge in [-0.25, -0.2) is 0 Å². The van der Waals surface area contributed by atoms with Crippen molar-refractivity contribution >= 4 is 18.3 Å². The van der Waals surface area contributed by atoms with E-state index in [1.807, 2.05) is 40.9 Å². The molecule has 25 heavy (non-hydrogen) atoms. The molecule has 1 N–H and O–H groups in total. The van der Waals surface area contributed by atoms with Gasteiger partial charge in [0.15, 0.2) is 0 Å². The maximum Gasteiger partial charge on any atom is 0.250 e. The molecule has 3 rings (SSSR count). The van der Waals surface area contributed by atoms with E-state index in [-0.39, 0.29) is 18.3 Å². The van der Waals surface area contributed by atoms with Gasteiger partial charge < -0.3 is 10.2 Å². The number of halogens is 1. The smallest absolute Gasteiger partial charge is 0.250 e. The van der Waals surface area contributed by atoms with Crippen LogP contribution < -0.4 is 5.32 Å². The topological polar surface area (TPSA) is 50.2 Å². The number of aryl methyl sites for hydroxylation is 1. The minimum atomic E-state index is -0.562. The van der Waals surface area contributed by atoms with Crippen LogP contribution in [0.4, 0.5) is 0 Å². The van der Waals surface area contributed by atoms with Crippen LogP contribution in [0, 0.1) is 6.92 Å². The standard InChI is InChI=1S/C19H26N4O.ClH/c1-3-22(15-17-8-5-4-7-16(17)2)18(24)19(9-12-20-13-10-19)23-14-6-11-21-23;/h4-8,11,14,20H,3,9-10,12-13,15H2,1-2H3;1H. The first-order valence-electron chi connectivity index (χ1n) is 8.72. The number of piperidine rings is 1. The van der Waals surface area contributed by atoms with Gasteiger partial charge in [-0.05, 0) is 57.0 Å². The Bertz CT molecular complexity index is 680. The van der Waals surface area contributed by atoms with Gasteiger partial charge in [-0.15, -0.1) is 12.4 Å². The third kappa shape index (κ3) is 3.88. The van der Waals surface area contributed by atoms with E-state index in [9.17, 15) is 4.79 Å². The Labute approximate surface area is 155 Å². The van der Waals surface area contributed by atoms with Crippen LogP contribution >= 0.6 is 12.4 Å². The highest BCUT2D eigenvalue weighted by molar-refractivity contribution is 5.85. The number of hydrogen-bond donors (Lipinski definition) is 1. The average molecular weight is 363 g/mol. The van der Waals surface area contributed by atoms with Gasteiger partial charge in [-0.1, -0.05) is 24.3 Å². The Morgan fingerprint density at radius 3 is 2.60 bits per heavy atom. The van der Waals surface area contributed by atoms with Crippen LogP contribution in [0.2, 0.25) is 0 Å². The van der Waals surface area contributed by atoms with Crippen LogP contribution in [0.1, 0.15) is 30.9 Å². The second-order valence-electron chi connectivity index (χ2n) is 6.48.